The van der Waals surface area contributed by atoms with Gasteiger partial charge in [-0.05, 0) is 31.5 Å². The van der Waals surface area contributed by atoms with Gasteiger partial charge in [-0.15, -0.1) is 0 Å². The van der Waals surface area contributed by atoms with Crippen LogP contribution in [0.2, 0.25) is 0 Å². The van der Waals surface area contributed by atoms with E-state index in [2.05, 4.69) is 5.32 Å². The van der Waals surface area contributed by atoms with Crippen LogP contribution < -0.4 is 16.8 Å². The van der Waals surface area contributed by atoms with Crippen LogP contribution in [0.1, 0.15) is 19.4 Å². The van der Waals surface area contributed by atoms with Crippen LogP contribution in [-0.2, 0) is 11.3 Å². The molecular formula is C13H20N4O2. The molecule has 0 spiro atoms. The Balaban J connectivity index is 2.77. The van der Waals surface area contributed by atoms with Crippen LogP contribution in [0.5, 0.6) is 0 Å². The van der Waals surface area contributed by atoms with Crippen molar-refractivity contribution in [3.05, 3.63) is 29.8 Å². The van der Waals surface area contributed by atoms with Crippen molar-refractivity contribution in [3.63, 3.8) is 0 Å². The van der Waals surface area contributed by atoms with E-state index in [0.29, 0.717) is 12.2 Å². The minimum Gasteiger partial charge on any atom is -0.368 e. The monoisotopic (exact) mass is 264 g/mol. The lowest BCUT2D eigenvalue weighted by molar-refractivity contribution is -0.118. The molecule has 1 aromatic carbocycles. The Morgan fingerprint density at radius 2 is 2.05 bits per heavy atom. The highest BCUT2D eigenvalue weighted by atomic mass is 16.2. The number of carbonyl (C=O) groups excluding carboxylic acids is 2. The minimum atomic E-state index is -0.542. The molecule has 0 aliphatic rings. The number of hydrogen-bond acceptors (Lipinski definition) is 3. The number of amides is 3. The van der Waals surface area contributed by atoms with Gasteiger partial charge in [-0.25, -0.2) is 4.79 Å². The first-order valence-electron chi connectivity index (χ1n) is 6.09. The molecule has 5 N–H and O–H groups in total. The molecule has 0 aliphatic carbocycles. The van der Waals surface area contributed by atoms with Gasteiger partial charge < -0.3 is 21.7 Å². The molecule has 0 aliphatic heterocycles. The summed E-state index contributed by atoms with van der Waals surface area (Å²) >= 11 is 0. The summed E-state index contributed by atoms with van der Waals surface area (Å²) in [6.07, 6.45) is 0. The summed E-state index contributed by atoms with van der Waals surface area (Å²) < 4.78 is 0. The molecule has 0 saturated heterocycles. The highest BCUT2D eigenvalue weighted by Crippen LogP contribution is 2.11. The van der Waals surface area contributed by atoms with E-state index in [4.69, 9.17) is 11.5 Å². The molecule has 0 saturated carbocycles. The van der Waals surface area contributed by atoms with Gasteiger partial charge in [0.1, 0.15) is 6.54 Å². The van der Waals surface area contributed by atoms with E-state index in [0.717, 1.165) is 5.56 Å². The molecule has 1 rings (SSSR count). The fourth-order valence-corrected chi connectivity index (χ4v) is 1.63. The standard InChI is InChI=1S/C13H20N4O2/c1-9(2)17(8-12(15)18)13(19)16-11-5-3-4-10(6-11)7-14/h3-6,9H,7-8,14H2,1-2H3,(H2,15,18)(H,16,19). The topological polar surface area (TPSA) is 101 Å². The molecule has 1 aromatic rings. The number of rotatable bonds is 5. The summed E-state index contributed by atoms with van der Waals surface area (Å²) in [5.74, 6) is -0.542. The Morgan fingerprint density at radius 3 is 2.58 bits per heavy atom. The summed E-state index contributed by atoms with van der Waals surface area (Å²) in [6, 6.07) is 6.76. The first-order valence-corrected chi connectivity index (χ1v) is 6.09. The van der Waals surface area contributed by atoms with Crippen LogP contribution in [0.15, 0.2) is 24.3 Å². The molecule has 0 atom stereocenters. The molecule has 6 heteroatoms. The number of nitrogens with one attached hydrogen (secondary N) is 1. The van der Waals surface area contributed by atoms with Crippen molar-refractivity contribution in [2.45, 2.75) is 26.4 Å². The van der Waals surface area contributed by atoms with Gasteiger partial charge in [0.05, 0.1) is 0 Å². The number of nitrogens with two attached hydrogens (primary N) is 2. The van der Waals surface area contributed by atoms with Gasteiger partial charge in [0.15, 0.2) is 0 Å². The summed E-state index contributed by atoms with van der Waals surface area (Å²) in [7, 11) is 0. The average Bonchev–Trinajstić information content (AvgIpc) is 2.35. The Morgan fingerprint density at radius 1 is 1.37 bits per heavy atom. The number of urea groups is 1. The van der Waals surface area contributed by atoms with E-state index in [1.807, 2.05) is 26.0 Å². The van der Waals surface area contributed by atoms with E-state index < -0.39 is 5.91 Å². The summed E-state index contributed by atoms with van der Waals surface area (Å²) in [5, 5.41) is 2.73. The maximum atomic E-state index is 12.1. The molecule has 6 nitrogen and oxygen atoms in total. The second-order valence-electron chi connectivity index (χ2n) is 4.52. The van der Waals surface area contributed by atoms with Gasteiger partial charge in [0, 0.05) is 18.3 Å². The molecule has 0 heterocycles. The maximum absolute atomic E-state index is 12.1. The lowest BCUT2D eigenvalue weighted by Crippen LogP contribution is -2.44. The van der Waals surface area contributed by atoms with E-state index in [1.165, 1.54) is 4.90 Å². The second-order valence-corrected chi connectivity index (χ2v) is 4.52. The van der Waals surface area contributed by atoms with Crippen LogP contribution in [0.3, 0.4) is 0 Å². The lowest BCUT2D eigenvalue weighted by Gasteiger charge is -2.25. The molecule has 0 radical (unpaired) electrons. The predicted molar refractivity (Wildman–Crippen MR) is 74.4 cm³/mol. The van der Waals surface area contributed by atoms with E-state index in [9.17, 15) is 9.59 Å². The largest absolute Gasteiger partial charge is 0.368 e. The molecule has 19 heavy (non-hydrogen) atoms. The Bertz CT molecular complexity index is 460. The number of benzene rings is 1. The van der Waals surface area contributed by atoms with E-state index in [-0.39, 0.29) is 18.6 Å². The van der Waals surface area contributed by atoms with Gasteiger partial charge in [-0.2, -0.15) is 0 Å². The Hall–Kier alpha value is -2.08. The Labute approximate surface area is 112 Å². The van der Waals surface area contributed by atoms with Crippen molar-refractivity contribution < 1.29 is 9.59 Å². The molecule has 0 fully saturated rings. The predicted octanol–water partition coefficient (Wildman–Crippen LogP) is 0.873. The molecule has 0 bridgehead atoms. The number of hydrogen-bond donors (Lipinski definition) is 3. The van der Waals surface area contributed by atoms with Gasteiger partial charge in [-0.3, -0.25) is 4.79 Å². The van der Waals surface area contributed by atoms with Gasteiger partial charge in [-0.1, -0.05) is 12.1 Å². The SMILES string of the molecule is CC(C)N(CC(N)=O)C(=O)Nc1cccc(CN)c1. The van der Waals surface area contributed by atoms with Gasteiger partial charge in [0.25, 0.3) is 0 Å². The molecule has 104 valence electrons. The van der Waals surface area contributed by atoms with E-state index in [1.54, 1.807) is 12.1 Å². The summed E-state index contributed by atoms with van der Waals surface area (Å²) in [5.41, 5.74) is 12.2. The van der Waals surface area contributed by atoms with Crippen LogP contribution in [0.4, 0.5) is 10.5 Å². The van der Waals surface area contributed by atoms with Crippen molar-refractivity contribution in [2.75, 3.05) is 11.9 Å². The van der Waals surface area contributed by atoms with Crippen molar-refractivity contribution in [1.82, 2.24) is 4.90 Å². The van der Waals surface area contributed by atoms with Crippen LogP contribution in [-0.4, -0.2) is 29.4 Å². The quantitative estimate of drug-likeness (QED) is 0.735. The van der Waals surface area contributed by atoms with Crippen molar-refractivity contribution in [3.8, 4) is 0 Å². The zero-order valence-electron chi connectivity index (χ0n) is 11.2. The highest BCUT2D eigenvalue weighted by molar-refractivity contribution is 5.92. The average molecular weight is 264 g/mol. The van der Waals surface area contributed by atoms with Crippen molar-refractivity contribution in [2.24, 2.45) is 11.5 Å². The van der Waals surface area contributed by atoms with Gasteiger partial charge >= 0.3 is 6.03 Å². The fraction of sp³-hybridized carbons (Fsp3) is 0.385. The second kappa shape index (κ2) is 6.75. The molecular weight excluding hydrogens is 244 g/mol. The summed E-state index contributed by atoms with van der Waals surface area (Å²) in [6.45, 7) is 3.93. The normalized spacial score (nSPS) is 10.3. The van der Waals surface area contributed by atoms with Crippen LogP contribution in [0.25, 0.3) is 0 Å². The molecule has 0 unspecified atom stereocenters. The smallest absolute Gasteiger partial charge is 0.322 e. The fourth-order valence-electron chi connectivity index (χ4n) is 1.63. The van der Waals surface area contributed by atoms with Crippen LogP contribution >= 0.6 is 0 Å². The maximum Gasteiger partial charge on any atom is 0.322 e. The summed E-state index contributed by atoms with van der Waals surface area (Å²) in [4.78, 5) is 24.4. The third-order valence-electron chi connectivity index (χ3n) is 2.62. The van der Waals surface area contributed by atoms with Gasteiger partial charge in [0.2, 0.25) is 5.91 Å². The zero-order valence-corrected chi connectivity index (χ0v) is 11.2. The highest BCUT2D eigenvalue weighted by Gasteiger charge is 2.18. The van der Waals surface area contributed by atoms with Crippen molar-refractivity contribution >= 4 is 17.6 Å². The third kappa shape index (κ3) is 4.59. The van der Waals surface area contributed by atoms with Crippen LogP contribution in [0, 0.1) is 0 Å². The first-order chi connectivity index (χ1) is 8.93. The Kier molecular flexibility index (Phi) is 5.32. The third-order valence-corrected chi connectivity index (χ3v) is 2.62. The number of nitrogens with zero attached hydrogens (tertiary/aromatic N) is 1. The lowest BCUT2D eigenvalue weighted by atomic mass is 10.2. The molecule has 0 aromatic heterocycles. The molecule has 3 amide bonds. The van der Waals surface area contributed by atoms with E-state index >= 15 is 0 Å². The zero-order chi connectivity index (χ0) is 14.4. The minimum absolute atomic E-state index is 0.111. The van der Waals surface area contributed by atoms with Crippen molar-refractivity contribution in [1.29, 1.82) is 0 Å². The number of primary amides is 1. The first kappa shape index (κ1) is 15.0. The number of carbonyl (C=O) groups is 2. The number of anilines is 1.